The first-order valence-electron chi connectivity index (χ1n) is 12.8. The number of benzene rings is 2. The number of hydrogen-bond acceptors (Lipinski definition) is 6. The number of aliphatic hydroxyl groups is 1. The lowest BCUT2D eigenvalue weighted by atomic mass is 9.92. The monoisotopic (exact) mass is 490 g/mol. The number of hydrogen-bond donors (Lipinski definition) is 1. The Morgan fingerprint density at radius 2 is 1.78 bits per heavy atom. The minimum Gasteiger partial charge on any atom is -0.507 e. The van der Waals surface area contributed by atoms with E-state index >= 15 is 0 Å². The summed E-state index contributed by atoms with van der Waals surface area (Å²) < 4.78 is 11.2. The maximum atomic E-state index is 13.4. The van der Waals surface area contributed by atoms with Crippen LogP contribution in [0.3, 0.4) is 0 Å². The lowest BCUT2D eigenvalue weighted by Crippen LogP contribution is -2.42. The number of likely N-dealkylation sites (tertiary alicyclic amines) is 1. The molecule has 0 unspecified atom stereocenters. The standard InChI is InChI=1S/C29H34N2O5/c1-18(2)20-4-6-21(7-5-20)26-25(27(32)22-8-9-24-23(17-22)16-19(3)36-24)28(33)29(34)31(26)11-10-30-12-14-35-15-13-30/h4-9,17-19,26,32H,10-16H2,1-3H3/t19-,26+/m1/s1. The molecule has 0 radical (unpaired) electrons. The van der Waals surface area contributed by atoms with Crippen LogP contribution in [0, 0.1) is 0 Å². The minimum atomic E-state index is -0.643. The summed E-state index contributed by atoms with van der Waals surface area (Å²) in [6.45, 7) is 10.2. The number of carbonyl (C=O) groups excluding carboxylic acids is 2. The molecule has 2 saturated heterocycles. The Bertz CT molecular complexity index is 1180. The van der Waals surface area contributed by atoms with Crippen LogP contribution in [0.2, 0.25) is 0 Å². The molecule has 3 aliphatic heterocycles. The highest BCUT2D eigenvalue weighted by Gasteiger charge is 2.46. The molecule has 2 aromatic rings. The number of aliphatic hydroxyl groups excluding tert-OH is 1. The second-order valence-electron chi connectivity index (χ2n) is 10.2. The third-order valence-corrected chi connectivity index (χ3v) is 7.39. The normalized spacial score (nSPS) is 23.8. The van der Waals surface area contributed by atoms with E-state index in [-0.39, 0.29) is 17.4 Å². The summed E-state index contributed by atoms with van der Waals surface area (Å²) >= 11 is 0. The van der Waals surface area contributed by atoms with Crippen molar-refractivity contribution in [1.29, 1.82) is 0 Å². The summed E-state index contributed by atoms with van der Waals surface area (Å²) in [6, 6.07) is 12.8. The fourth-order valence-electron chi connectivity index (χ4n) is 5.32. The van der Waals surface area contributed by atoms with Gasteiger partial charge >= 0.3 is 0 Å². The number of Topliss-reactive ketones (excluding diaryl/α,β-unsaturated/α-hetero) is 1. The van der Waals surface area contributed by atoms with Gasteiger partial charge in [0.1, 0.15) is 17.6 Å². The van der Waals surface area contributed by atoms with E-state index in [2.05, 4.69) is 18.7 Å². The molecule has 2 fully saturated rings. The predicted molar refractivity (Wildman–Crippen MR) is 137 cm³/mol. The van der Waals surface area contributed by atoms with Crippen LogP contribution in [-0.2, 0) is 20.7 Å². The van der Waals surface area contributed by atoms with Gasteiger partial charge in [-0.25, -0.2) is 0 Å². The highest BCUT2D eigenvalue weighted by Crippen LogP contribution is 2.40. The van der Waals surface area contributed by atoms with E-state index < -0.39 is 17.7 Å². The Balaban J connectivity index is 1.53. The van der Waals surface area contributed by atoms with E-state index in [9.17, 15) is 14.7 Å². The molecule has 7 heteroatoms. The van der Waals surface area contributed by atoms with E-state index in [0.29, 0.717) is 37.8 Å². The van der Waals surface area contributed by atoms with Crippen molar-refractivity contribution in [3.05, 3.63) is 70.3 Å². The third-order valence-electron chi connectivity index (χ3n) is 7.39. The number of fused-ring (bicyclic) bond motifs is 1. The summed E-state index contributed by atoms with van der Waals surface area (Å²) in [5, 5.41) is 11.4. The molecule has 3 aliphatic rings. The second-order valence-corrected chi connectivity index (χ2v) is 10.2. The molecule has 36 heavy (non-hydrogen) atoms. The minimum absolute atomic E-state index is 0.0719. The fraction of sp³-hybridized carbons (Fsp3) is 0.448. The Kier molecular flexibility index (Phi) is 6.86. The van der Waals surface area contributed by atoms with Crippen LogP contribution in [0.5, 0.6) is 5.75 Å². The van der Waals surface area contributed by atoms with Gasteiger partial charge in [0.2, 0.25) is 0 Å². The van der Waals surface area contributed by atoms with Gasteiger partial charge in [-0.15, -0.1) is 0 Å². The van der Waals surface area contributed by atoms with Crippen LogP contribution in [0.15, 0.2) is 48.0 Å². The number of ketones is 1. The highest BCUT2D eigenvalue weighted by atomic mass is 16.5. The lowest BCUT2D eigenvalue weighted by molar-refractivity contribution is -0.140. The van der Waals surface area contributed by atoms with Gasteiger partial charge in [-0.05, 0) is 47.7 Å². The molecule has 2 atom stereocenters. The van der Waals surface area contributed by atoms with Gasteiger partial charge in [-0.3, -0.25) is 14.5 Å². The van der Waals surface area contributed by atoms with Crippen LogP contribution >= 0.6 is 0 Å². The molecule has 190 valence electrons. The first-order chi connectivity index (χ1) is 17.3. The number of carbonyl (C=O) groups is 2. The largest absolute Gasteiger partial charge is 0.507 e. The maximum absolute atomic E-state index is 13.4. The Hall–Kier alpha value is -3.16. The van der Waals surface area contributed by atoms with Gasteiger partial charge in [0.15, 0.2) is 0 Å². The van der Waals surface area contributed by atoms with Gasteiger partial charge in [0, 0.05) is 38.2 Å². The first-order valence-corrected chi connectivity index (χ1v) is 12.8. The number of nitrogens with zero attached hydrogens (tertiary/aromatic N) is 2. The highest BCUT2D eigenvalue weighted by molar-refractivity contribution is 6.46. The molecule has 0 aliphatic carbocycles. The molecule has 1 amide bonds. The van der Waals surface area contributed by atoms with Gasteiger partial charge < -0.3 is 19.5 Å². The summed E-state index contributed by atoms with van der Waals surface area (Å²) in [5.41, 5.74) is 3.66. The Morgan fingerprint density at radius 1 is 1.06 bits per heavy atom. The number of amides is 1. The van der Waals surface area contributed by atoms with E-state index in [1.54, 1.807) is 11.0 Å². The molecule has 2 aromatic carbocycles. The summed E-state index contributed by atoms with van der Waals surface area (Å²) in [4.78, 5) is 30.5. The van der Waals surface area contributed by atoms with E-state index in [1.165, 1.54) is 5.56 Å². The number of rotatable bonds is 6. The zero-order valence-corrected chi connectivity index (χ0v) is 21.2. The van der Waals surface area contributed by atoms with Crippen molar-refractivity contribution in [2.45, 2.75) is 45.3 Å². The molecular weight excluding hydrogens is 456 g/mol. The Labute approximate surface area is 212 Å². The van der Waals surface area contributed by atoms with E-state index in [0.717, 1.165) is 36.4 Å². The van der Waals surface area contributed by atoms with Crippen molar-refractivity contribution in [3.8, 4) is 5.75 Å². The fourth-order valence-corrected chi connectivity index (χ4v) is 5.32. The average molecular weight is 491 g/mol. The molecular formula is C29H34N2O5. The summed E-state index contributed by atoms with van der Waals surface area (Å²) in [7, 11) is 0. The van der Waals surface area contributed by atoms with Gasteiger partial charge in [-0.2, -0.15) is 0 Å². The predicted octanol–water partition coefficient (Wildman–Crippen LogP) is 3.89. The van der Waals surface area contributed by atoms with E-state index in [4.69, 9.17) is 9.47 Å². The van der Waals surface area contributed by atoms with Crippen LogP contribution < -0.4 is 4.74 Å². The molecule has 5 rings (SSSR count). The molecule has 0 aromatic heterocycles. The molecule has 7 nitrogen and oxygen atoms in total. The topological polar surface area (TPSA) is 79.3 Å². The number of ether oxygens (including phenoxy) is 2. The Morgan fingerprint density at radius 3 is 2.47 bits per heavy atom. The molecule has 1 N–H and O–H groups in total. The second kappa shape index (κ2) is 10.1. The number of morpholine rings is 1. The lowest BCUT2D eigenvalue weighted by Gasteiger charge is -2.31. The zero-order valence-electron chi connectivity index (χ0n) is 21.2. The van der Waals surface area contributed by atoms with E-state index in [1.807, 2.05) is 43.3 Å². The SMILES string of the molecule is CC(C)c1ccc([C@H]2C(=C(O)c3ccc4c(c3)C[C@@H](C)O4)C(=O)C(=O)N2CCN2CCOCC2)cc1. The quantitative estimate of drug-likeness (QED) is 0.376. The van der Waals surface area contributed by atoms with Crippen molar-refractivity contribution >= 4 is 17.4 Å². The van der Waals surface area contributed by atoms with Crippen LogP contribution in [0.25, 0.3) is 5.76 Å². The zero-order chi connectivity index (χ0) is 25.4. The summed E-state index contributed by atoms with van der Waals surface area (Å²) in [6.07, 6.45) is 0.812. The van der Waals surface area contributed by atoms with Gasteiger partial charge in [0.05, 0.1) is 24.8 Å². The maximum Gasteiger partial charge on any atom is 0.295 e. The van der Waals surface area contributed by atoms with Crippen LogP contribution in [0.1, 0.15) is 55.0 Å². The van der Waals surface area contributed by atoms with Crippen molar-refractivity contribution < 1.29 is 24.2 Å². The first kappa shape index (κ1) is 24.5. The van der Waals surface area contributed by atoms with Crippen molar-refractivity contribution in [2.24, 2.45) is 0 Å². The average Bonchev–Trinajstić information content (AvgIpc) is 3.38. The molecule has 0 spiro atoms. The smallest absolute Gasteiger partial charge is 0.295 e. The summed E-state index contributed by atoms with van der Waals surface area (Å²) in [5.74, 6) is -0.186. The molecule has 0 bridgehead atoms. The van der Waals surface area contributed by atoms with Gasteiger partial charge in [-0.1, -0.05) is 38.1 Å². The molecule has 0 saturated carbocycles. The van der Waals surface area contributed by atoms with Gasteiger partial charge in [0.25, 0.3) is 11.7 Å². The van der Waals surface area contributed by atoms with Crippen molar-refractivity contribution in [3.63, 3.8) is 0 Å². The van der Waals surface area contributed by atoms with Crippen molar-refractivity contribution in [2.75, 3.05) is 39.4 Å². The van der Waals surface area contributed by atoms with Crippen LogP contribution in [-0.4, -0.2) is 72.1 Å². The van der Waals surface area contributed by atoms with Crippen LogP contribution in [0.4, 0.5) is 0 Å². The molecule has 3 heterocycles. The van der Waals surface area contributed by atoms with Crippen molar-refractivity contribution in [1.82, 2.24) is 9.80 Å². The third kappa shape index (κ3) is 4.65.